The summed E-state index contributed by atoms with van der Waals surface area (Å²) in [5, 5.41) is 0.770. The van der Waals surface area contributed by atoms with Crippen LogP contribution in [-0.2, 0) is 0 Å². The number of alkyl halides is 1. The van der Waals surface area contributed by atoms with E-state index in [9.17, 15) is 0 Å². The minimum Gasteiger partial charge on any atom is -0.497 e. The van der Waals surface area contributed by atoms with Crippen molar-refractivity contribution in [3.63, 3.8) is 0 Å². The van der Waals surface area contributed by atoms with Crippen LogP contribution < -0.4 is 4.74 Å². The second-order valence-electron chi connectivity index (χ2n) is 6.67. The van der Waals surface area contributed by atoms with E-state index < -0.39 is 0 Å². The monoisotopic (exact) mass is 326 g/mol. The fourth-order valence-electron chi connectivity index (χ4n) is 4.29. The molecule has 0 aliphatic heterocycles. The molecule has 2 aliphatic carbocycles. The SMILES string of the molecule is COc1ccc(C(Cl)C2CCC3CCCCC3C2)c(Cl)c1. The minimum atomic E-state index is 0.0336. The van der Waals surface area contributed by atoms with Gasteiger partial charge < -0.3 is 4.74 Å². The van der Waals surface area contributed by atoms with Crippen LogP contribution in [0.25, 0.3) is 0 Å². The molecule has 3 rings (SSSR count). The Hall–Kier alpha value is -0.400. The summed E-state index contributed by atoms with van der Waals surface area (Å²) in [6.07, 6.45) is 9.56. The lowest BCUT2D eigenvalue weighted by Crippen LogP contribution is -2.29. The fourth-order valence-corrected chi connectivity index (χ4v) is 5.05. The van der Waals surface area contributed by atoms with Crippen LogP contribution in [0.1, 0.15) is 55.9 Å². The first-order valence-electron chi connectivity index (χ1n) is 8.16. The zero-order chi connectivity index (χ0) is 14.8. The van der Waals surface area contributed by atoms with Gasteiger partial charge in [0.2, 0.25) is 0 Å². The number of hydrogen-bond donors (Lipinski definition) is 0. The van der Waals surface area contributed by atoms with Crippen molar-refractivity contribution >= 4 is 23.2 Å². The summed E-state index contributed by atoms with van der Waals surface area (Å²) in [5.41, 5.74) is 1.07. The van der Waals surface area contributed by atoms with E-state index in [4.69, 9.17) is 27.9 Å². The van der Waals surface area contributed by atoms with E-state index in [0.717, 1.165) is 28.2 Å². The van der Waals surface area contributed by atoms with Crippen molar-refractivity contribution in [2.45, 2.75) is 50.3 Å². The molecule has 1 aromatic carbocycles. The summed E-state index contributed by atoms with van der Waals surface area (Å²) < 4.78 is 5.22. The Labute approximate surface area is 138 Å². The number of ether oxygens (including phenoxy) is 1. The number of methoxy groups -OCH3 is 1. The fraction of sp³-hybridized carbons (Fsp3) is 0.667. The van der Waals surface area contributed by atoms with Crippen molar-refractivity contribution in [2.24, 2.45) is 17.8 Å². The highest BCUT2D eigenvalue weighted by molar-refractivity contribution is 6.33. The number of halogens is 2. The molecular formula is C18H24Cl2O. The summed E-state index contributed by atoms with van der Waals surface area (Å²) >= 11 is 13.2. The van der Waals surface area contributed by atoms with E-state index in [1.807, 2.05) is 18.2 Å². The molecule has 3 heteroatoms. The van der Waals surface area contributed by atoms with Gasteiger partial charge in [-0.15, -0.1) is 11.6 Å². The molecule has 0 heterocycles. The summed E-state index contributed by atoms with van der Waals surface area (Å²) in [7, 11) is 1.66. The van der Waals surface area contributed by atoms with Crippen molar-refractivity contribution in [1.29, 1.82) is 0 Å². The molecule has 4 atom stereocenters. The first kappa shape index (κ1) is 15.5. The van der Waals surface area contributed by atoms with Crippen LogP contribution in [0.15, 0.2) is 18.2 Å². The van der Waals surface area contributed by atoms with Crippen molar-refractivity contribution in [3.8, 4) is 5.75 Å². The maximum atomic E-state index is 6.79. The predicted octanol–water partition coefficient (Wildman–Crippen LogP) is 6.24. The van der Waals surface area contributed by atoms with Crippen LogP contribution >= 0.6 is 23.2 Å². The van der Waals surface area contributed by atoms with Crippen LogP contribution in [0.3, 0.4) is 0 Å². The molecule has 0 radical (unpaired) electrons. The Kier molecular flexibility index (Phi) is 5.01. The highest BCUT2D eigenvalue weighted by Crippen LogP contribution is 2.49. The van der Waals surface area contributed by atoms with Gasteiger partial charge in [-0.05, 0) is 54.7 Å². The maximum Gasteiger partial charge on any atom is 0.120 e. The molecule has 4 unspecified atom stereocenters. The van der Waals surface area contributed by atoms with E-state index in [1.165, 1.54) is 44.9 Å². The lowest BCUT2D eigenvalue weighted by molar-refractivity contribution is 0.127. The number of benzene rings is 1. The molecule has 116 valence electrons. The summed E-state index contributed by atoms with van der Waals surface area (Å²) in [6, 6.07) is 5.87. The molecule has 2 aliphatic rings. The normalized spacial score (nSPS) is 30.5. The Morgan fingerprint density at radius 1 is 1.10 bits per heavy atom. The Morgan fingerprint density at radius 2 is 1.86 bits per heavy atom. The van der Waals surface area contributed by atoms with Gasteiger partial charge in [-0.2, -0.15) is 0 Å². The van der Waals surface area contributed by atoms with Crippen molar-refractivity contribution in [3.05, 3.63) is 28.8 Å². The molecule has 21 heavy (non-hydrogen) atoms. The van der Waals surface area contributed by atoms with Gasteiger partial charge in [0.05, 0.1) is 12.5 Å². The van der Waals surface area contributed by atoms with Gasteiger partial charge in [0, 0.05) is 5.02 Å². The van der Waals surface area contributed by atoms with Gasteiger partial charge in [0.25, 0.3) is 0 Å². The van der Waals surface area contributed by atoms with E-state index in [1.54, 1.807) is 7.11 Å². The molecule has 0 saturated heterocycles. The predicted molar refractivity (Wildman–Crippen MR) is 89.4 cm³/mol. The first-order valence-corrected chi connectivity index (χ1v) is 8.98. The molecular weight excluding hydrogens is 303 g/mol. The average molecular weight is 327 g/mol. The molecule has 2 saturated carbocycles. The zero-order valence-electron chi connectivity index (χ0n) is 12.7. The molecule has 0 spiro atoms. The second-order valence-corrected chi connectivity index (χ2v) is 7.54. The number of rotatable bonds is 3. The van der Waals surface area contributed by atoms with Gasteiger partial charge >= 0.3 is 0 Å². The first-order chi connectivity index (χ1) is 10.2. The molecule has 2 fully saturated rings. The van der Waals surface area contributed by atoms with Gasteiger partial charge in [0.1, 0.15) is 5.75 Å². The van der Waals surface area contributed by atoms with Gasteiger partial charge in [-0.25, -0.2) is 0 Å². The highest BCUT2D eigenvalue weighted by Gasteiger charge is 2.35. The maximum absolute atomic E-state index is 6.79. The average Bonchev–Trinajstić information content (AvgIpc) is 2.53. The van der Waals surface area contributed by atoms with Crippen molar-refractivity contribution in [2.75, 3.05) is 7.11 Å². The van der Waals surface area contributed by atoms with E-state index in [0.29, 0.717) is 5.92 Å². The molecule has 0 N–H and O–H groups in total. The quantitative estimate of drug-likeness (QED) is 0.598. The third kappa shape index (κ3) is 3.35. The Morgan fingerprint density at radius 3 is 2.57 bits per heavy atom. The molecule has 0 aromatic heterocycles. The third-order valence-corrected chi connectivity index (χ3v) is 6.42. The Bertz CT molecular complexity index is 488. The summed E-state index contributed by atoms with van der Waals surface area (Å²) in [4.78, 5) is 0. The lowest BCUT2D eigenvalue weighted by atomic mass is 9.66. The molecule has 1 aromatic rings. The smallest absolute Gasteiger partial charge is 0.120 e. The van der Waals surface area contributed by atoms with Crippen LogP contribution in [0.5, 0.6) is 5.75 Å². The van der Waals surface area contributed by atoms with Crippen molar-refractivity contribution in [1.82, 2.24) is 0 Å². The van der Waals surface area contributed by atoms with Gasteiger partial charge in [0.15, 0.2) is 0 Å². The summed E-state index contributed by atoms with van der Waals surface area (Å²) in [6.45, 7) is 0. The summed E-state index contributed by atoms with van der Waals surface area (Å²) in [5.74, 6) is 3.22. The standard InChI is InChI=1S/C18H24Cl2O/c1-21-15-8-9-16(17(19)11-15)18(20)14-7-6-12-4-2-3-5-13(12)10-14/h8-9,11-14,18H,2-7,10H2,1H3. The van der Waals surface area contributed by atoms with Gasteiger partial charge in [-0.3, -0.25) is 0 Å². The topological polar surface area (TPSA) is 9.23 Å². The number of fused-ring (bicyclic) bond motifs is 1. The van der Waals surface area contributed by atoms with Crippen molar-refractivity contribution < 1.29 is 4.74 Å². The van der Waals surface area contributed by atoms with Crippen LogP contribution in [0.2, 0.25) is 5.02 Å². The lowest BCUT2D eigenvalue weighted by Gasteiger charge is -2.40. The third-order valence-electron chi connectivity index (χ3n) is 5.50. The molecule has 0 amide bonds. The zero-order valence-corrected chi connectivity index (χ0v) is 14.2. The molecule has 0 bridgehead atoms. The van der Waals surface area contributed by atoms with Crippen LogP contribution in [0.4, 0.5) is 0 Å². The van der Waals surface area contributed by atoms with Crippen LogP contribution in [0, 0.1) is 17.8 Å². The van der Waals surface area contributed by atoms with E-state index in [2.05, 4.69) is 0 Å². The van der Waals surface area contributed by atoms with E-state index in [-0.39, 0.29) is 5.38 Å². The second kappa shape index (κ2) is 6.79. The van der Waals surface area contributed by atoms with E-state index >= 15 is 0 Å². The Balaban J connectivity index is 1.71. The van der Waals surface area contributed by atoms with Gasteiger partial charge in [-0.1, -0.05) is 43.4 Å². The molecule has 1 nitrogen and oxygen atoms in total. The largest absolute Gasteiger partial charge is 0.497 e. The van der Waals surface area contributed by atoms with Crippen LogP contribution in [-0.4, -0.2) is 7.11 Å². The number of hydrogen-bond acceptors (Lipinski definition) is 1. The highest BCUT2D eigenvalue weighted by atomic mass is 35.5. The minimum absolute atomic E-state index is 0.0336.